The average Bonchev–Trinajstić information content (AvgIpc) is 2.77. The predicted octanol–water partition coefficient (Wildman–Crippen LogP) is 2.19. The van der Waals surface area contributed by atoms with Crippen LogP contribution in [0.15, 0.2) is 30.3 Å². The number of carbonyl (C=O) groups excluding carboxylic acids is 1. The lowest BCUT2D eigenvalue weighted by molar-refractivity contribution is -0.131. The van der Waals surface area contributed by atoms with E-state index in [1.165, 1.54) is 5.56 Å². The van der Waals surface area contributed by atoms with E-state index < -0.39 is 0 Å². The summed E-state index contributed by atoms with van der Waals surface area (Å²) >= 11 is 0. The van der Waals surface area contributed by atoms with Crippen LogP contribution in [-0.4, -0.2) is 35.1 Å². The van der Waals surface area contributed by atoms with Crippen molar-refractivity contribution in [2.75, 3.05) is 13.1 Å². The molecule has 1 aromatic carbocycles. The molecule has 1 amide bonds. The van der Waals surface area contributed by atoms with Gasteiger partial charge >= 0.3 is 0 Å². The molecule has 2 aliphatic rings. The summed E-state index contributed by atoms with van der Waals surface area (Å²) in [7, 11) is 0. The van der Waals surface area contributed by atoms with Gasteiger partial charge in [0.2, 0.25) is 5.91 Å². The Hall–Kier alpha value is -1.35. The quantitative estimate of drug-likeness (QED) is 0.917. The fourth-order valence-electron chi connectivity index (χ4n) is 3.56. The molecule has 1 heterocycles. The topological polar surface area (TPSA) is 40.5 Å². The van der Waals surface area contributed by atoms with Gasteiger partial charge in [0.1, 0.15) is 0 Å². The van der Waals surface area contributed by atoms with Crippen LogP contribution in [0, 0.1) is 11.8 Å². The van der Waals surface area contributed by atoms with Gasteiger partial charge < -0.3 is 10.0 Å². The molecule has 1 aromatic rings. The van der Waals surface area contributed by atoms with Gasteiger partial charge in [-0.3, -0.25) is 4.79 Å². The number of rotatable bonds is 3. The first-order valence-corrected chi connectivity index (χ1v) is 7.49. The Balaban J connectivity index is 1.64. The number of aliphatic hydroxyl groups is 1. The number of hydrogen-bond donors (Lipinski definition) is 1. The first-order valence-electron chi connectivity index (χ1n) is 7.49. The Morgan fingerprint density at radius 1 is 1.30 bits per heavy atom. The number of aliphatic hydroxyl groups excluding tert-OH is 1. The zero-order valence-electron chi connectivity index (χ0n) is 12.2. The van der Waals surface area contributed by atoms with E-state index in [1.807, 2.05) is 23.1 Å². The van der Waals surface area contributed by atoms with Crippen LogP contribution < -0.4 is 0 Å². The summed E-state index contributed by atoms with van der Waals surface area (Å²) in [6, 6.07) is 10.2. The summed E-state index contributed by atoms with van der Waals surface area (Å²) in [5.74, 6) is 1.09. The van der Waals surface area contributed by atoms with Gasteiger partial charge in [-0.05, 0) is 23.3 Å². The second kappa shape index (κ2) is 4.88. The Morgan fingerprint density at radius 3 is 2.60 bits per heavy atom. The zero-order chi connectivity index (χ0) is 14.3. The smallest absolute Gasteiger partial charge is 0.223 e. The van der Waals surface area contributed by atoms with Gasteiger partial charge in [-0.1, -0.05) is 44.2 Å². The van der Waals surface area contributed by atoms with Crippen LogP contribution in [0.5, 0.6) is 0 Å². The molecule has 0 spiro atoms. The minimum atomic E-state index is -0.181. The highest BCUT2D eigenvalue weighted by Crippen LogP contribution is 2.41. The molecule has 1 saturated heterocycles. The van der Waals surface area contributed by atoms with Crippen molar-refractivity contribution in [2.24, 2.45) is 11.8 Å². The summed E-state index contributed by atoms with van der Waals surface area (Å²) < 4.78 is 0. The molecule has 0 unspecified atom stereocenters. The van der Waals surface area contributed by atoms with E-state index in [-0.39, 0.29) is 17.4 Å². The first-order chi connectivity index (χ1) is 9.47. The Bertz CT molecular complexity index is 497. The summed E-state index contributed by atoms with van der Waals surface area (Å²) in [6.45, 7) is 5.83. The molecular formula is C17H23NO2. The number of nitrogens with zero attached hydrogens (tertiary/aromatic N) is 1. The van der Waals surface area contributed by atoms with Crippen LogP contribution in [0.3, 0.4) is 0 Å². The van der Waals surface area contributed by atoms with Crippen LogP contribution in [0.1, 0.15) is 32.3 Å². The van der Waals surface area contributed by atoms with E-state index in [0.717, 1.165) is 19.5 Å². The summed E-state index contributed by atoms with van der Waals surface area (Å²) in [6.07, 6.45) is 1.23. The largest absolute Gasteiger partial charge is 0.393 e. The minimum absolute atomic E-state index is 0.140. The highest BCUT2D eigenvalue weighted by atomic mass is 16.3. The van der Waals surface area contributed by atoms with Crippen molar-refractivity contribution in [3.05, 3.63) is 35.9 Å². The third-order valence-electron chi connectivity index (χ3n) is 5.03. The Labute approximate surface area is 120 Å². The molecule has 3 atom stereocenters. The highest BCUT2D eigenvalue weighted by Gasteiger charge is 2.47. The van der Waals surface area contributed by atoms with E-state index >= 15 is 0 Å². The molecule has 0 radical (unpaired) electrons. The molecule has 3 heteroatoms. The maximum absolute atomic E-state index is 12.5. The van der Waals surface area contributed by atoms with Crippen molar-refractivity contribution >= 4 is 5.91 Å². The Morgan fingerprint density at radius 2 is 2.00 bits per heavy atom. The van der Waals surface area contributed by atoms with Crippen LogP contribution in [0.2, 0.25) is 0 Å². The van der Waals surface area contributed by atoms with E-state index in [9.17, 15) is 9.90 Å². The molecule has 108 valence electrons. The molecule has 20 heavy (non-hydrogen) atoms. The number of fused-ring (bicyclic) bond motifs is 1. The molecule has 1 aliphatic carbocycles. The first kappa shape index (κ1) is 13.6. The molecule has 0 aromatic heterocycles. The van der Waals surface area contributed by atoms with Crippen molar-refractivity contribution in [1.82, 2.24) is 4.90 Å². The minimum Gasteiger partial charge on any atom is -0.393 e. The maximum atomic E-state index is 12.5. The average molecular weight is 273 g/mol. The van der Waals surface area contributed by atoms with Crippen molar-refractivity contribution < 1.29 is 9.90 Å². The monoisotopic (exact) mass is 273 g/mol. The van der Waals surface area contributed by atoms with Crippen molar-refractivity contribution in [3.63, 3.8) is 0 Å². The highest BCUT2D eigenvalue weighted by molar-refractivity contribution is 5.78. The molecule has 1 N–H and O–H groups in total. The second-order valence-corrected chi connectivity index (χ2v) is 6.95. The standard InChI is InChI=1S/C17H23NO2/c1-17(2,13-6-4-3-5-7-13)9-16(20)18-10-12-8-15(19)14(12)11-18/h3-7,12,14-15,19H,8-11H2,1-2H3/t12-,14+,15-/m1/s1. The van der Waals surface area contributed by atoms with Crippen molar-refractivity contribution in [2.45, 2.75) is 38.2 Å². The molecule has 2 fully saturated rings. The van der Waals surface area contributed by atoms with Gasteiger partial charge in [-0.25, -0.2) is 0 Å². The maximum Gasteiger partial charge on any atom is 0.223 e. The fraction of sp³-hybridized carbons (Fsp3) is 0.588. The van der Waals surface area contributed by atoms with Gasteiger partial charge in [0.25, 0.3) is 0 Å². The van der Waals surface area contributed by atoms with Crippen LogP contribution >= 0.6 is 0 Å². The third kappa shape index (κ3) is 2.35. The van der Waals surface area contributed by atoms with Crippen LogP contribution in [0.25, 0.3) is 0 Å². The van der Waals surface area contributed by atoms with E-state index in [1.54, 1.807) is 0 Å². The predicted molar refractivity (Wildman–Crippen MR) is 78.3 cm³/mol. The van der Waals surface area contributed by atoms with E-state index in [4.69, 9.17) is 0 Å². The van der Waals surface area contributed by atoms with Crippen molar-refractivity contribution in [3.8, 4) is 0 Å². The van der Waals surface area contributed by atoms with E-state index in [0.29, 0.717) is 18.3 Å². The SMILES string of the molecule is CC(C)(CC(=O)N1C[C@H]2C[C@@H](O)[C@H]2C1)c1ccccc1. The third-order valence-corrected chi connectivity index (χ3v) is 5.03. The summed E-state index contributed by atoms with van der Waals surface area (Å²) in [5, 5.41) is 9.69. The number of amides is 1. The lowest BCUT2D eigenvalue weighted by Crippen LogP contribution is -2.40. The molecule has 3 rings (SSSR count). The van der Waals surface area contributed by atoms with Gasteiger partial charge in [0, 0.05) is 25.4 Å². The normalized spacial score (nSPS) is 28.9. The van der Waals surface area contributed by atoms with Gasteiger partial charge in [0.05, 0.1) is 6.10 Å². The molecule has 1 aliphatic heterocycles. The summed E-state index contributed by atoms with van der Waals surface area (Å²) in [5.41, 5.74) is 1.06. The lowest BCUT2D eigenvalue weighted by atomic mass is 9.74. The lowest BCUT2D eigenvalue weighted by Gasteiger charge is -2.34. The number of benzene rings is 1. The van der Waals surface area contributed by atoms with Gasteiger partial charge in [-0.2, -0.15) is 0 Å². The molecule has 0 bridgehead atoms. The van der Waals surface area contributed by atoms with Gasteiger partial charge in [-0.15, -0.1) is 0 Å². The number of carbonyl (C=O) groups is 1. The van der Waals surface area contributed by atoms with Crippen molar-refractivity contribution in [1.29, 1.82) is 0 Å². The molecular weight excluding hydrogens is 250 g/mol. The van der Waals surface area contributed by atoms with Crippen LogP contribution in [-0.2, 0) is 10.2 Å². The summed E-state index contributed by atoms with van der Waals surface area (Å²) in [4.78, 5) is 14.5. The van der Waals surface area contributed by atoms with Crippen LogP contribution in [0.4, 0.5) is 0 Å². The molecule has 3 nitrogen and oxygen atoms in total. The number of likely N-dealkylation sites (tertiary alicyclic amines) is 1. The fourth-order valence-corrected chi connectivity index (χ4v) is 3.56. The number of hydrogen-bond acceptors (Lipinski definition) is 2. The Kier molecular flexibility index (Phi) is 3.33. The van der Waals surface area contributed by atoms with E-state index in [2.05, 4.69) is 26.0 Å². The zero-order valence-corrected chi connectivity index (χ0v) is 12.2. The second-order valence-electron chi connectivity index (χ2n) is 6.95. The van der Waals surface area contributed by atoms with Gasteiger partial charge in [0.15, 0.2) is 0 Å². The molecule has 1 saturated carbocycles.